The lowest BCUT2D eigenvalue weighted by Crippen LogP contribution is -2.46. The summed E-state index contributed by atoms with van der Waals surface area (Å²) in [6, 6.07) is -0.522. The highest BCUT2D eigenvalue weighted by molar-refractivity contribution is 5.85. The molecule has 1 aliphatic heterocycles. The van der Waals surface area contributed by atoms with Crippen LogP contribution in [0, 0.1) is 6.92 Å². The third-order valence-corrected chi connectivity index (χ3v) is 3.60. The number of alkyl halides is 1. The maximum absolute atomic E-state index is 13.5. The molecule has 0 unspecified atom stereocenters. The van der Waals surface area contributed by atoms with Crippen LogP contribution in [0.4, 0.5) is 4.39 Å². The van der Waals surface area contributed by atoms with Gasteiger partial charge in [0.15, 0.2) is 0 Å². The average molecular weight is 342 g/mol. The Morgan fingerprint density at radius 3 is 2.52 bits per heavy atom. The summed E-state index contributed by atoms with van der Waals surface area (Å²) in [5.74, 6) is -0.00673. The number of halogens is 3. The Kier molecular flexibility index (Phi) is 9.08. The predicted molar refractivity (Wildman–Crippen MR) is 84.2 cm³/mol. The fraction of sp³-hybridized carbons (Fsp3) is 0.615. The number of aromatic hydroxyl groups is 1. The van der Waals surface area contributed by atoms with E-state index in [1.807, 2.05) is 4.90 Å². The molecule has 0 aliphatic carbocycles. The zero-order chi connectivity index (χ0) is 13.8. The van der Waals surface area contributed by atoms with Crippen LogP contribution < -0.4 is 5.32 Å². The van der Waals surface area contributed by atoms with Crippen LogP contribution in [0.1, 0.15) is 22.9 Å². The SMILES string of the molecule is Cc1ncc(CO)c([C@@H](CF)N2CCNCC2)c1O.Cl.Cl. The maximum Gasteiger partial charge on any atom is 0.142 e. The summed E-state index contributed by atoms with van der Waals surface area (Å²) in [5.41, 5.74) is 1.42. The molecule has 1 atom stereocenters. The Hall–Kier alpha value is -0.660. The summed E-state index contributed by atoms with van der Waals surface area (Å²) in [6.07, 6.45) is 1.51. The van der Waals surface area contributed by atoms with Crippen LogP contribution in [0.15, 0.2) is 6.20 Å². The number of aryl methyl sites for hydroxylation is 1. The van der Waals surface area contributed by atoms with Crippen molar-refractivity contribution in [1.82, 2.24) is 15.2 Å². The van der Waals surface area contributed by atoms with Crippen LogP contribution >= 0.6 is 24.8 Å². The zero-order valence-corrected chi connectivity index (χ0v) is 13.5. The van der Waals surface area contributed by atoms with Crippen molar-refractivity contribution in [2.45, 2.75) is 19.6 Å². The number of aromatic nitrogens is 1. The van der Waals surface area contributed by atoms with Gasteiger partial charge in [-0.1, -0.05) is 0 Å². The lowest BCUT2D eigenvalue weighted by molar-refractivity contribution is 0.142. The zero-order valence-electron chi connectivity index (χ0n) is 11.9. The number of nitrogens with zero attached hydrogens (tertiary/aromatic N) is 2. The molecule has 2 heterocycles. The quantitative estimate of drug-likeness (QED) is 0.771. The van der Waals surface area contributed by atoms with Crippen molar-refractivity contribution in [2.24, 2.45) is 0 Å². The minimum atomic E-state index is -0.593. The van der Waals surface area contributed by atoms with Crippen LogP contribution in [0.3, 0.4) is 0 Å². The molecule has 1 fully saturated rings. The topological polar surface area (TPSA) is 68.6 Å². The van der Waals surface area contributed by atoms with Gasteiger partial charge in [0.1, 0.15) is 12.4 Å². The largest absolute Gasteiger partial charge is 0.506 e. The van der Waals surface area contributed by atoms with Crippen LogP contribution in [0.25, 0.3) is 0 Å². The fourth-order valence-corrected chi connectivity index (χ4v) is 2.50. The Morgan fingerprint density at radius 2 is 2.00 bits per heavy atom. The molecule has 5 nitrogen and oxygen atoms in total. The number of aliphatic hydroxyl groups excluding tert-OH is 1. The van der Waals surface area contributed by atoms with E-state index in [1.165, 1.54) is 6.20 Å². The van der Waals surface area contributed by atoms with Gasteiger partial charge >= 0.3 is 0 Å². The molecule has 21 heavy (non-hydrogen) atoms. The molecule has 0 saturated carbocycles. The minimum Gasteiger partial charge on any atom is -0.506 e. The molecule has 122 valence electrons. The lowest BCUT2D eigenvalue weighted by atomic mass is 9.99. The molecule has 0 spiro atoms. The second-order valence-electron chi connectivity index (χ2n) is 4.75. The number of piperazine rings is 1. The smallest absolute Gasteiger partial charge is 0.142 e. The van der Waals surface area contributed by atoms with E-state index in [9.17, 15) is 14.6 Å². The van der Waals surface area contributed by atoms with E-state index in [-0.39, 0.29) is 37.2 Å². The first-order chi connectivity index (χ1) is 9.19. The van der Waals surface area contributed by atoms with Gasteiger partial charge in [-0.3, -0.25) is 9.88 Å². The summed E-state index contributed by atoms with van der Waals surface area (Å²) in [6.45, 7) is 3.88. The van der Waals surface area contributed by atoms with E-state index in [2.05, 4.69) is 10.3 Å². The molecule has 1 aromatic heterocycles. The van der Waals surface area contributed by atoms with Gasteiger partial charge in [0.05, 0.1) is 18.3 Å². The molecule has 2 rings (SSSR count). The van der Waals surface area contributed by atoms with Gasteiger partial charge in [-0.15, -0.1) is 24.8 Å². The number of hydrogen-bond donors (Lipinski definition) is 3. The molecule has 0 bridgehead atoms. The van der Waals surface area contributed by atoms with Crippen LogP contribution in [0.2, 0.25) is 0 Å². The minimum absolute atomic E-state index is 0. The number of hydrogen-bond acceptors (Lipinski definition) is 5. The molecule has 3 N–H and O–H groups in total. The van der Waals surface area contributed by atoms with E-state index >= 15 is 0 Å². The maximum atomic E-state index is 13.5. The van der Waals surface area contributed by atoms with Crippen LogP contribution in [-0.4, -0.2) is 53.0 Å². The van der Waals surface area contributed by atoms with Crippen molar-refractivity contribution in [3.8, 4) is 5.75 Å². The van der Waals surface area contributed by atoms with Crippen molar-refractivity contribution in [3.63, 3.8) is 0 Å². The third kappa shape index (κ3) is 4.40. The molecule has 0 radical (unpaired) electrons. The first-order valence-electron chi connectivity index (χ1n) is 6.48. The number of aliphatic hydroxyl groups is 1. The summed E-state index contributed by atoms with van der Waals surface area (Å²) >= 11 is 0. The van der Waals surface area contributed by atoms with E-state index in [0.717, 1.165) is 26.2 Å². The van der Waals surface area contributed by atoms with Crippen LogP contribution in [-0.2, 0) is 6.61 Å². The Labute approximate surface area is 136 Å². The lowest BCUT2D eigenvalue weighted by Gasteiger charge is -2.34. The van der Waals surface area contributed by atoms with Crippen molar-refractivity contribution in [2.75, 3.05) is 32.9 Å². The Balaban J connectivity index is 0.00000200. The molecule has 8 heteroatoms. The van der Waals surface area contributed by atoms with E-state index in [0.29, 0.717) is 16.8 Å². The summed E-state index contributed by atoms with van der Waals surface area (Å²) in [4.78, 5) is 6.00. The molecule has 1 aromatic rings. The summed E-state index contributed by atoms with van der Waals surface area (Å²) in [5, 5.41) is 22.7. The third-order valence-electron chi connectivity index (χ3n) is 3.60. The predicted octanol–water partition coefficient (Wildman–Crippen LogP) is 1.35. The van der Waals surface area contributed by atoms with Gasteiger partial charge in [-0.05, 0) is 6.92 Å². The second-order valence-corrected chi connectivity index (χ2v) is 4.75. The standard InChI is InChI=1S/C13H20FN3O2.2ClH/c1-9-13(19)12(10(8-18)7-16-9)11(6-14)17-4-2-15-3-5-17;;/h7,11,15,18-19H,2-6,8H2,1H3;2*1H/t11-;;/m1../s1. The van der Waals surface area contributed by atoms with Gasteiger partial charge in [0.2, 0.25) is 0 Å². The molecule has 0 aromatic carbocycles. The fourth-order valence-electron chi connectivity index (χ4n) is 2.50. The average Bonchev–Trinajstić information content (AvgIpc) is 2.45. The summed E-state index contributed by atoms with van der Waals surface area (Å²) in [7, 11) is 0. The van der Waals surface area contributed by atoms with Gasteiger partial charge in [0.25, 0.3) is 0 Å². The van der Waals surface area contributed by atoms with E-state index < -0.39 is 12.7 Å². The van der Waals surface area contributed by atoms with Crippen molar-refractivity contribution in [3.05, 3.63) is 23.0 Å². The first-order valence-corrected chi connectivity index (χ1v) is 6.48. The number of pyridine rings is 1. The highest BCUT2D eigenvalue weighted by Gasteiger charge is 2.27. The van der Waals surface area contributed by atoms with Crippen molar-refractivity contribution < 1.29 is 14.6 Å². The van der Waals surface area contributed by atoms with E-state index in [1.54, 1.807) is 6.92 Å². The number of rotatable bonds is 4. The molecular formula is C13H22Cl2FN3O2. The van der Waals surface area contributed by atoms with Gasteiger partial charge in [-0.25, -0.2) is 4.39 Å². The first kappa shape index (κ1) is 20.3. The summed E-state index contributed by atoms with van der Waals surface area (Å²) < 4.78 is 13.5. The van der Waals surface area contributed by atoms with Crippen molar-refractivity contribution in [1.29, 1.82) is 0 Å². The normalized spacial score (nSPS) is 16.7. The second kappa shape index (κ2) is 9.38. The highest BCUT2D eigenvalue weighted by Crippen LogP contribution is 2.33. The Bertz CT molecular complexity index is 446. The monoisotopic (exact) mass is 341 g/mol. The number of nitrogens with one attached hydrogen (secondary N) is 1. The van der Waals surface area contributed by atoms with Crippen LogP contribution in [0.5, 0.6) is 5.75 Å². The molecular weight excluding hydrogens is 320 g/mol. The van der Waals surface area contributed by atoms with Gasteiger partial charge in [-0.2, -0.15) is 0 Å². The Morgan fingerprint density at radius 1 is 1.38 bits per heavy atom. The molecule has 0 amide bonds. The van der Waals surface area contributed by atoms with Gasteiger partial charge in [0, 0.05) is 43.5 Å². The van der Waals surface area contributed by atoms with Crippen molar-refractivity contribution >= 4 is 24.8 Å². The highest BCUT2D eigenvalue weighted by atomic mass is 35.5. The van der Waals surface area contributed by atoms with E-state index in [4.69, 9.17) is 0 Å². The van der Waals surface area contributed by atoms with Gasteiger partial charge < -0.3 is 15.5 Å². The molecule has 1 aliphatic rings. The molecule has 1 saturated heterocycles.